The Kier molecular flexibility index (Phi) is 7.72. The van der Waals surface area contributed by atoms with Crippen LogP contribution >= 0.6 is 11.3 Å². The van der Waals surface area contributed by atoms with Crippen molar-refractivity contribution in [3.8, 4) is 11.4 Å². The van der Waals surface area contributed by atoms with Crippen LogP contribution in [0.2, 0.25) is 0 Å². The zero-order valence-corrected chi connectivity index (χ0v) is 22.4. The second kappa shape index (κ2) is 11.3. The lowest BCUT2D eigenvalue weighted by molar-refractivity contribution is -0.130. The summed E-state index contributed by atoms with van der Waals surface area (Å²) in [5.74, 6) is 0.955. The third-order valence-electron chi connectivity index (χ3n) is 6.96. The van der Waals surface area contributed by atoms with Crippen LogP contribution in [0.25, 0.3) is 16.2 Å². The number of fused-ring (bicyclic) bond motifs is 1. The first kappa shape index (κ1) is 25.9. The first-order valence-electron chi connectivity index (χ1n) is 12.9. The van der Waals surface area contributed by atoms with Crippen LogP contribution in [0.5, 0.6) is 0 Å². The Bertz CT molecular complexity index is 1320. The summed E-state index contributed by atoms with van der Waals surface area (Å²) < 4.78 is 6.45. The summed E-state index contributed by atoms with van der Waals surface area (Å²) in [7, 11) is 1.34. The minimum atomic E-state index is -0.464. The van der Waals surface area contributed by atoms with Crippen molar-refractivity contribution in [3.05, 3.63) is 29.5 Å². The standard InChI is InChI=1S/C25H32N8O4S/c1-3-4-21(34)32-10-7-17(15-32)27-20-13-19(23(35)31-8-5-16(6-9-31)28-25(36)37-2)29-22(30-20)18-14-26-33-11-12-38-24(18)33/h11-14,16-17H,3-10,15H2,1-2H3,(H,28,36)(H,27,29,30)/t17-/m1/s1. The molecule has 3 aromatic rings. The fourth-order valence-corrected chi connectivity index (χ4v) is 5.72. The molecule has 0 spiro atoms. The van der Waals surface area contributed by atoms with Crippen LogP contribution in [0.4, 0.5) is 10.6 Å². The smallest absolute Gasteiger partial charge is 0.407 e. The molecule has 5 rings (SSSR count). The lowest BCUT2D eigenvalue weighted by Crippen LogP contribution is -2.46. The highest BCUT2D eigenvalue weighted by atomic mass is 32.1. The molecule has 0 unspecified atom stereocenters. The molecule has 2 N–H and O–H groups in total. The van der Waals surface area contributed by atoms with Gasteiger partial charge in [0.1, 0.15) is 16.3 Å². The van der Waals surface area contributed by atoms with E-state index in [4.69, 9.17) is 4.98 Å². The fourth-order valence-electron chi connectivity index (χ4n) is 4.93. The largest absolute Gasteiger partial charge is 0.453 e. The van der Waals surface area contributed by atoms with Crippen molar-refractivity contribution in [3.63, 3.8) is 0 Å². The van der Waals surface area contributed by atoms with E-state index in [1.165, 1.54) is 18.4 Å². The number of methoxy groups -OCH3 is 1. The van der Waals surface area contributed by atoms with E-state index < -0.39 is 6.09 Å². The maximum absolute atomic E-state index is 13.5. The van der Waals surface area contributed by atoms with Gasteiger partial charge in [0.15, 0.2) is 5.82 Å². The van der Waals surface area contributed by atoms with Gasteiger partial charge in [-0.15, -0.1) is 11.3 Å². The van der Waals surface area contributed by atoms with Gasteiger partial charge in [-0.3, -0.25) is 9.59 Å². The molecule has 3 amide bonds. The van der Waals surface area contributed by atoms with E-state index in [2.05, 4.69) is 25.5 Å². The number of nitrogens with zero attached hydrogens (tertiary/aromatic N) is 6. The van der Waals surface area contributed by atoms with Crippen LogP contribution in [-0.2, 0) is 9.53 Å². The zero-order valence-electron chi connectivity index (χ0n) is 21.6. The molecule has 12 nitrogen and oxygen atoms in total. The molecule has 0 aliphatic carbocycles. The van der Waals surface area contributed by atoms with E-state index in [-0.39, 0.29) is 23.9 Å². The molecular formula is C25H32N8O4S. The highest BCUT2D eigenvalue weighted by Crippen LogP contribution is 2.28. The van der Waals surface area contributed by atoms with E-state index in [0.717, 1.165) is 23.2 Å². The van der Waals surface area contributed by atoms with Crippen molar-refractivity contribution in [2.45, 2.75) is 51.1 Å². The van der Waals surface area contributed by atoms with Crippen LogP contribution < -0.4 is 10.6 Å². The number of thiazole rings is 1. The number of likely N-dealkylation sites (tertiary alicyclic amines) is 2. The monoisotopic (exact) mass is 540 g/mol. The second-order valence-corrected chi connectivity index (χ2v) is 10.5. The summed E-state index contributed by atoms with van der Waals surface area (Å²) in [6.45, 7) is 4.30. The van der Waals surface area contributed by atoms with Crippen molar-refractivity contribution >= 4 is 39.9 Å². The fraction of sp³-hybridized carbons (Fsp3) is 0.520. The number of nitrogens with one attached hydrogen (secondary N) is 2. The average Bonchev–Trinajstić information content (AvgIpc) is 3.66. The summed E-state index contributed by atoms with van der Waals surface area (Å²) in [5.41, 5.74) is 1.05. The van der Waals surface area contributed by atoms with Crippen molar-refractivity contribution in [2.24, 2.45) is 0 Å². The molecule has 0 radical (unpaired) electrons. The molecule has 2 aliphatic rings. The molecule has 2 aliphatic heterocycles. The molecule has 2 fully saturated rings. The number of carbonyl (C=O) groups excluding carboxylic acids is 3. The summed E-state index contributed by atoms with van der Waals surface area (Å²) in [6.07, 6.45) is 6.56. The third kappa shape index (κ3) is 5.57. The lowest BCUT2D eigenvalue weighted by Gasteiger charge is -2.32. The zero-order chi connectivity index (χ0) is 26.6. The number of piperidine rings is 1. The predicted octanol–water partition coefficient (Wildman–Crippen LogP) is 2.63. The Labute approximate surface area is 224 Å². The van der Waals surface area contributed by atoms with Gasteiger partial charge in [0.25, 0.3) is 5.91 Å². The van der Waals surface area contributed by atoms with Gasteiger partial charge >= 0.3 is 6.09 Å². The molecule has 2 saturated heterocycles. The normalized spacial score (nSPS) is 18.1. The quantitative estimate of drug-likeness (QED) is 0.467. The van der Waals surface area contributed by atoms with Gasteiger partial charge in [-0.05, 0) is 25.7 Å². The molecule has 5 heterocycles. The van der Waals surface area contributed by atoms with Gasteiger partial charge in [-0.1, -0.05) is 6.92 Å². The number of rotatable bonds is 7. The number of amides is 3. The van der Waals surface area contributed by atoms with E-state index in [9.17, 15) is 14.4 Å². The van der Waals surface area contributed by atoms with Crippen molar-refractivity contribution in [1.82, 2.24) is 34.7 Å². The number of carbonyl (C=O) groups is 3. The van der Waals surface area contributed by atoms with Crippen LogP contribution in [0.1, 0.15) is 49.5 Å². The molecule has 13 heteroatoms. The maximum Gasteiger partial charge on any atom is 0.407 e. The Morgan fingerprint density at radius 3 is 2.63 bits per heavy atom. The van der Waals surface area contributed by atoms with Gasteiger partial charge in [-0.2, -0.15) is 5.10 Å². The van der Waals surface area contributed by atoms with Crippen LogP contribution in [-0.4, -0.2) is 92.7 Å². The maximum atomic E-state index is 13.5. The first-order chi connectivity index (χ1) is 18.4. The topological polar surface area (TPSA) is 134 Å². The summed E-state index contributed by atoms with van der Waals surface area (Å²) in [6, 6.07) is 1.69. The van der Waals surface area contributed by atoms with E-state index >= 15 is 0 Å². The SMILES string of the molecule is CCCC(=O)N1CC[C@@H](Nc2cc(C(=O)N3CCC(NC(=O)OC)CC3)nc(-c3cnn4ccsc34)n2)C1. The van der Waals surface area contributed by atoms with Gasteiger partial charge in [0.2, 0.25) is 5.91 Å². The number of ether oxygens (including phenoxy) is 1. The lowest BCUT2D eigenvalue weighted by atomic mass is 10.0. The van der Waals surface area contributed by atoms with E-state index in [0.29, 0.717) is 62.8 Å². The Hall–Kier alpha value is -3.74. The number of hydrogen-bond acceptors (Lipinski definition) is 9. The summed E-state index contributed by atoms with van der Waals surface area (Å²) >= 11 is 1.53. The molecule has 0 saturated carbocycles. The molecule has 202 valence electrons. The van der Waals surface area contributed by atoms with Crippen molar-refractivity contribution in [1.29, 1.82) is 0 Å². The van der Waals surface area contributed by atoms with Crippen molar-refractivity contribution < 1.29 is 19.1 Å². The Balaban J connectivity index is 1.36. The van der Waals surface area contributed by atoms with E-state index in [1.54, 1.807) is 21.7 Å². The third-order valence-corrected chi connectivity index (χ3v) is 7.85. The summed E-state index contributed by atoms with van der Waals surface area (Å²) in [4.78, 5) is 51.4. The number of aromatic nitrogens is 4. The van der Waals surface area contributed by atoms with Gasteiger partial charge < -0.3 is 25.2 Å². The highest BCUT2D eigenvalue weighted by molar-refractivity contribution is 7.16. The molecule has 0 bridgehead atoms. The Morgan fingerprint density at radius 1 is 1.11 bits per heavy atom. The predicted molar refractivity (Wildman–Crippen MR) is 142 cm³/mol. The van der Waals surface area contributed by atoms with Crippen LogP contribution in [0, 0.1) is 0 Å². The molecule has 0 aromatic carbocycles. The summed E-state index contributed by atoms with van der Waals surface area (Å²) in [5, 5.41) is 12.6. The van der Waals surface area contributed by atoms with Gasteiger partial charge in [0.05, 0.1) is 18.9 Å². The average molecular weight is 541 g/mol. The first-order valence-corrected chi connectivity index (χ1v) is 13.8. The van der Waals surface area contributed by atoms with Gasteiger partial charge in [-0.25, -0.2) is 19.3 Å². The molecule has 3 aromatic heterocycles. The van der Waals surface area contributed by atoms with Crippen LogP contribution in [0.3, 0.4) is 0 Å². The second-order valence-electron chi connectivity index (χ2n) is 9.60. The Morgan fingerprint density at radius 2 is 1.87 bits per heavy atom. The molecular weight excluding hydrogens is 508 g/mol. The highest BCUT2D eigenvalue weighted by Gasteiger charge is 2.29. The number of hydrogen-bond donors (Lipinski definition) is 2. The molecule has 1 atom stereocenters. The minimum Gasteiger partial charge on any atom is -0.453 e. The number of alkyl carbamates (subject to hydrolysis) is 1. The molecule has 38 heavy (non-hydrogen) atoms. The van der Waals surface area contributed by atoms with E-state index in [1.807, 2.05) is 23.4 Å². The van der Waals surface area contributed by atoms with Crippen LogP contribution in [0.15, 0.2) is 23.8 Å². The minimum absolute atomic E-state index is 0.0371. The van der Waals surface area contributed by atoms with Gasteiger partial charge in [0, 0.05) is 62.3 Å². The van der Waals surface area contributed by atoms with Crippen molar-refractivity contribution in [2.75, 3.05) is 38.6 Å². The number of anilines is 1.